The number of pyridine rings is 1. The van der Waals surface area contributed by atoms with Crippen molar-refractivity contribution in [3.05, 3.63) is 52.7 Å². The number of nitrogens with zero attached hydrogens (tertiary/aromatic N) is 1. The fourth-order valence-electron chi connectivity index (χ4n) is 1.60. The van der Waals surface area contributed by atoms with E-state index in [0.29, 0.717) is 16.4 Å². The molecule has 1 N–H and O–H groups in total. The second-order valence-electron chi connectivity index (χ2n) is 3.96. The van der Waals surface area contributed by atoms with Crippen LogP contribution in [0.4, 0.5) is 5.82 Å². The number of thioether (sulfide) groups is 1. The summed E-state index contributed by atoms with van der Waals surface area (Å²) >= 11 is 7.62. The maximum atomic E-state index is 12.2. The van der Waals surface area contributed by atoms with Crippen LogP contribution >= 0.6 is 23.4 Å². The summed E-state index contributed by atoms with van der Waals surface area (Å²) in [4.78, 5) is 17.4. The van der Waals surface area contributed by atoms with E-state index in [1.165, 1.54) is 0 Å². The number of aryl methyl sites for hydroxylation is 1. The van der Waals surface area contributed by atoms with Crippen molar-refractivity contribution in [2.24, 2.45) is 0 Å². The molecule has 98 valence electrons. The molecule has 0 fully saturated rings. The zero-order chi connectivity index (χ0) is 13.8. The van der Waals surface area contributed by atoms with Crippen LogP contribution in [0.3, 0.4) is 0 Å². The Hall–Kier alpha value is -1.52. The van der Waals surface area contributed by atoms with Gasteiger partial charge in [0.1, 0.15) is 5.82 Å². The first-order valence-electron chi connectivity index (χ1n) is 5.68. The Morgan fingerprint density at radius 2 is 2.11 bits per heavy atom. The lowest BCUT2D eigenvalue weighted by Gasteiger charge is -2.08. The van der Waals surface area contributed by atoms with E-state index in [-0.39, 0.29) is 5.91 Å². The molecule has 1 aromatic heterocycles. The topological polar surface area (TPSA) is 42.0 Å². The van der Waals surface area contributed by atoms with Gasteiger partial charge in [-0.3, -0.25) is 4.79 Å². The average molecular weight is 293 g/mol. The summed E-state index contributed by atoms with van der Waals surface area (Å²) in [5.41, 5.74) is 1.30. The normalized spacial score (nSPS) is 10.3. The maximum Gasteiger partial charge on any atom is 0.258 e. The van der Waals surface area contributed by atoms with Crippen molar-refractivity contribution < 1.29 is 4.79 Å². The molecule has 2 rings (SSSR count). The minimum absolute atomic E-state index is 0.251. The zero-order valence-electron chi connectivity index (χ0n) is 10.6. The minimum Gasteiger partial charge on any atom is -0.307 e. The van der Waals surface area contributed by atoms with Gasteiger partial charge >= 0.3 is 0 Å². The Balaban J connectivity index is 2.25. The average Bonchev–Trinajstić information content (AvgIpc) is 2.39. The van der Waals surface area contributed by atoms with Crippen LogP contribution in [0.25, 0.3) is 0 Å². The predicted molar refractivity (Wildman–Crippen MR) is 80.2 cm³/mol. The Morgan fingerprint density at radius 3 is 2.79 bits per heavy atom. The summed E-state index contributed by atoms with van der Waals surface area (Å²) < 4.78 is 0. The van der Waals surface area contributed by atoms with Crippen LogP contribution in [0.15, 0.2) is 41.3 Å². The molecule has 0 unspecified atom stereocenters. The van der Waals surface area contributed by atoms with Crippen molar-refractivity contribution in [2.45, 2.75) is 11.8 Å². The van der Waals surface area contributed by atoms with Crippen LogP contribution in [0.5, 0.6) is 0 Å². The van der Waals surface area contributed by atoms with E-state index in [1.54, 1.807) is 30.0 Å². The van der Waals surface area contributed by atoms with E-state index >= 15 is 0 Å². The highest BCUT2D eigenvalue weighted by molar-refractivity contribution is 7.98. The Kier molecular flexibility index (Phi) is 4.45. The number of carbonyl (C=O) groups excluding carboxylic acids is 1. The molecule has 0 aliphatic rings. The predicted octanol–water partition coefficient (Wildman–Crippen LogP) is 4.02. The number of hydrogen-bond acceptors (Lipinski definition) is 3. The van der Waals surface area contributed by atoms with Gasteiger partial charge in [0.25, 0.3) is 5.91 Å². The molecule has 0 bridgehead atoms. The largest absolute Gasteiger partial charge is 0.307 e. The lowest BCUT2D eigenvalue weighted by molar-refractivity contribution is 0.102. The van der Waals surface area contributed by atoms with E-state index in [1.807, 2.05) is 31.4 Å². The van der Waals surface area contributed by atoms with Crippen LogP contribution in [-0.2, 0) is 0 Å². The van der Waals surface area contributed by atoms with Gasteiger partial charge in [0.05, 0.1) is 10.6 Å². The standard InChI is InChI=1S/C14H13ClN2OS/c1-9-4-3-5-13(16-9)17-14(18)11-8-10(19-2)6-7-12(11)15/h3-8H,1-2H3,(H,16,17,18). The van der Waals surface area contributed by atoms with Gasteiger partial charge < -0.3 is 5.32 Å². The zero-order valence-corrected chi connectivity index (χ0v) is 12.2. The first kappa shape index (κ1) is 13.9. The molecular weight excluding hydrogens is 280 g/mol. The van der Waals surface area contributed by atoms with E-state index in [9.17, 15) is 4.79 Å². The summed E-state index contributed by atoms with van der Waals surface area (Å²) in [5, 5.41) is 3.18. The van der Waals surface area contributed by atoms with Crippen LogP contribution < -0.4 is 5.32 Å². The molecule has 19 heavy (non-hydrogen) atoms. The van der Waals surface area contributed by atoms with Gasteiger partial charge in [-0.05, 0) is 43.5 Å². The highest BCUT2D eigenvalue weighted by Crippen LogP contribution is 2.23. The summed E-state index contributed by atoms with van der Waals surface area (Å²) in [6, 6.07) is 10.9. The first-order chi connectivity index (χ1) is 9.10. The summed E-state index contributed by atoms with van der Waals surface area (Å²) in [6.07, 6.45) is 1.95. The van der Waals surface area contributed by atoms with Gasteiger partial charge in [0.2, 0.25) is 0 Å². The van der Waals surface area contributed by atoms with Crippen molar-refractivity contribution in [3.63, 3.8) is 0 Å². The van der Waals surface area contributed by atoms with Gasteiger partial charge in [-0.1, -0.05) is 17.7 Å². The Bertz CT molecular complexity index is 616. The molecule has 2 aromatic rings. The summed E-state index contributed by atoms with van der Waals surface area (Å²) in [5.74, 6) is 0.273. The molecule has 0 atom stereocenters. The van der Waals surface area contributed by atoms with Gasteiger partial charge in [-0.25, -0.2) is 4.98 Å². The monoisotopic (exact) mass is 292 g/mol. The van der Waals surface area contributed by atoms with Crippen LogP contribution in [-0.4, -0.2) is 17.1 Å². The molecule has 5 heteroatoms. The van der Waals surface area contributed by atoms with E-state index < -0.39 is 0 Å². The van der Waals surface area contributed by atoms with Crippen molar-refractivity contribution in [1.29, 1.82) is 0 Å². The highest BCUT2D eigenvalue weighted by Gasteiger charge is 2.12. The number of amides is 1. The number of carbonyl (C=O) groups is 1. The van der Waals surface area contributed by atoms with Crippen LogP contribution in [0.1, 0.15) is 16.1 Å². The molecule has 0 spiro atoms. The molecule has 0 aliphatic carbocycles. The Labute approximate surface area is 121 Å². The fourth-order valence-corrected chi connectivity index (χ4v) is 2.24. The van der Waals surface area contributed by atoms with Gasteiger partial charge in [0.15, 0.2) is 0 Å². The van der Waals surface area contributed by atoms with Crippen molar-refractivity contribution >= 4 is 35.1 Å². The second kappa shape index (κ2) is 6.08. The van der Waals surface area contributed by atoms with Crippen LogP contribution in [0, 0.1) is 6.92 Å². The molecule has 3 nitrogen and oxygen atoms in total. The van der Waals surface area contributed by atoms with Crippen molar-refractivity contribution in [3.8, 4) is 0 Å². The number of halogens is 1. The molecule has 1 aromatic carbocycles. The minimum atomic E-state index is -0.251. The lowest BCUT2D eigenvalue weighted by Crippen LogP contribution is -2.13. The van der Waals surface area contributed by atoms with E-state index in [0.717, 1.165) is 10.6 Å². The summed E-state index contributed by atoms with van der Waals surface area (Å²) in [6.45, 7) is 1.87. The number of aromatic nitrogens is 1. The van der Waals surface area contributed by atoms with Gasteiger partial charge in [-0.15, -0.1) is 11.8 Å². The molecular formula is C14H13ClN2OS. The summed E-state index contributed by atoms with van der Waals surface area (Å²) in [7, 11) is 0. The van der Waals surface area contributed by atoms with E-state index in [2.05, 4.69) is 10.3 Å². The van der Waals surface area contributed by atoms with Crippen LogP contribution in [0.2, 0.25) is 5.02 Å². The first-order valence-corrected chi connectivity index (χ1v) is 7.29. The lowest BCUT2D eigenvalue weighted by atomic mass is 10.2. The van der Waals surface area contributed by atoms with E-state index in [4.69, 9.17) is 11.6 Å². The fraction of sp³-hybridized carbons (Fsp3) is 0.143. The molecule has 0 aliphatic heterocycles. The third-order valence-corrected chi connectivity index (χ3v) is 3.60. The Morgan fingerprint density at radius 1 is 1.32 bits per heavy atom. The molecule has 0 radical (unpaired) electrons. The number of rotatable bonds is 3. The third kappa shape index (κ3) is 3.49. The van der Waals surface area contributed by atoms with Crippen molar-refractivity contribution in [2.75, 3.05) is 11.6 Å². The third-order valence-electron chi connectivity index (χ3n) is 2.55. The van der Waals surface area contributed by atoms with Crippen molar-refractivity contribution in [1.82, 2.24) is 4.98 Å². The number of nitrogens with one attached hydrogen (secondary N) is 1. The van der Waals surface area contributed by atoms with Gasteiger partial charge in [-0.2, -0.15) is 0 Å². The van der Waals surface area contributed by atoms with Gasteiger partial charge in [0, 0.05) is 10.6 Å². The number of benzene rings is 1. The molecule has 0 saturated heterocycles. The number of anilines is 1. The maximum absolute atomic E-state index is 12.2. The second-order valence-corrected chi connectivity index (χ2v) is 5.25. The molecule has 0 saturated carbocycles. The molecule has 1 amide bonds. The smallest absolute Gasteiger partial charge is 0.258 e. The SMILES string of the molecule is CSc1ccc(Cl)c(C(=O)Nc2cccc(C)n2)c1. The molecule has 1 heterocycles. The quantitative estimate of drug-likeness (QED) is 0.869. The number of hydrogen-bond donors (Lipinski definition) is 1. The highest BCUT2D eigenvalue weighted by atomic mass is 35.5.